The number of fused-ring (bicyclic) bond motifs is 5. The van der Waals surface area contributed by atoms with E-state index in [1.807, 2.05) is 69.1 Å². The maximum absolute atomic E-state index is 13.9. The number of epoxide rings is 1. The van der Waals surface area contributed by atoms with Gasteiger partial charge in [-0.2, -0.15) is 0 Å². The maximum Gasteiger partial charge on any atom is 0.409 e. The number of hydrogen-bond donors (Lipinski definition) is 2. The Kier molecular flexibility index (Phi) is 14.7. The third-order valence-electron chi connectivity index (χ3n) is 10.7. The minimum absolute atomic E-state index is 0.0152. The quantitative estimate of drug-likeness (QED) is 0.121. The molecular weight excluding hydrogens is 780 g/mol. The number of anilines is 1. The Morgan fingerprint density at radius 1 is 1.27 bits per heavy atom. The SMILES string of the molecule is COc1cc2cc(c1Cl)N(C)CCC(OC(=O)C(C)N(C)C(=O)CCSSc1ccccn1)C1(C)OC1C(C)C1CC(O)(NC(=O)O1)C(OC)C=CC=C(C)C2. The van der Waals surface area contributed by atoms with Gasteiger partial charge in [0.2, 0.25) is 5.91 Å². The van der Waals surface area contributed by atoms with E-state index >= 15 is 0 Å². The lowest BCUT2D eigenvalue weighted by Gasteiger charge is -2.42. The average Bonchev–Trinajstić information content (AvgIpc) is 3.87. The molecule has 0 saturated carbocycles. The number of carbonyl (C=O) groups excluding carboxylic acids is 3. The van der Waals surface area contributed by atoms with Crippen molar-refractivity contribution in [3.8, 4) is 5.75 Å². The van der Waals surface area contributed by atoms with Crippen LogP contribution >= 0.6 is 33.2 Å². The highest BCUT2D eigenvalue weighted by Crippen LogP contribution is 2.49. The molecule has 13 nitrogen and oxygen atoms in total. The van der Waals surface area contributed by atoms with Gasteiger partial charge >= 0.3 is 12.1 Å². The molecule has 0 spiro atoms. The van der Waals surface area contributed by atoms with Crippen LogP contribution < -0.4 is 15.0 Å². The summed E-state index contributed by atoms with van der Waals surface area (Å²) >= 11 is 6.87. The van der Waals surface area contributed by atoms with Gasteiger partial charge in [0, 0.05) is 64.9 Å². The van der Waals surface area contributed by atoms with Crippen molar-refractivity contribution in [1.29, 1.82) is 0 Å². The first-order valence-electron chi connectivity index (χ1n) is 18.6. The van der Waals surface area contributed by atoms with Gasteiger partial charge < -0.3 is 38.6 Å². The first-order valence-corrected chi connectivity index (χ1v) is 21.3. The molecule has 8 unspecified atom stereocenters. The van der Waals surface area contributed by atoms with Gasteiger partial charge in [0.25, 0.3) is 0 Å². The molecule has 4 heterocycles. The van der Waals surface area contributed by atoms with Gasteiger partial charge in [-0.05, 0) is 67.8 Å². The molecule has 0 radical (unpaired) electrons. The number of allylic oxidation sites excluding steroid dienone is 3. The molecule has 8 atom stereocenters. The lowest BCUT2D eigenvalue weighted by atomic mass is 9.83. The third kappa shape index (κ3) is 10.3. The van der Waals surface area contributed by atoms with E-state index in [1.54, 1.807) is 39.4 Å². The monoisotopic (exact) mass is 832 g/mol. The Morgan fingerprint density at radius 2 is 2.04 bits per heavy atom. The number of carbonyl (C=O) groups is 3. The van der Waals surface area contributed by atoms with Crippen molar-refractivity contribution in [1.82, 2.24) is 15.2 Å². The number of amides is 2. The number of nitrogens with zero attached hydrogens (tertiary/aromatic N) is 3. The minimum Gasteiger partial charge on any atom is -0.495 e. The minimum atomic E-state index is -1.77. The second-order valence-electron chi connectivity index (χ2n) is 14.8. The zero-order chi connectivity index (χ0) is 40.8. The van der Waals surface area contributed by atoms with Crippen molar-refractivity contribution in [2.45, 2.75) is 100 Å². The fraction of sp³-hybridized carbons (Fsp3) is 0.550. The summed E-state index contributed by atoms with van der Waals surface area (Å²) in [6.45, 7) is 7.79. The second kappa shape index (κ2) is 18.9. The molecule has 3 aliphatic rings. The summed E-state index contributed by atoms with van der Waals surface area (Å²) in [5.41, 5.74) is -0.0474. The Bertz CT molecular complexity index is 1790. The first-order chi connectivity index (χ1) is 26.6. The molecule has 16 heteroatoms. The molecule has 4 bridgehead atoms. The van der Waals surface area contributed by atoms with Gasteiger partial charge in [0.1, 0.15) is 45.8 Å². The fourth-order valence-electron chi connectivity index (χ4n) is 7.16. The summed E-state index contributed by atoms with van der Waals surface area (Å²) in [6, 6.07) is 8.69. The van der Waals surface area contributed by atoms with Gasteiger partial charge in [0.15, 0.2) is 5.72 Å². The first kappa shape index (κ1) is 43.6. The zero-order valence-electron chi connectivity index (χ0n) is 33.2. The van der Waals surface area contributed by atoms with Crippen molar-refractivity contribution >= 4 is 56.8 Å². The molecule has 56 heavy (non-hydrogen) atoms. The standard InChI is InChI=1S/C40H53ClN4O9S2/c1-24-12-11-13-32(51-8)40(49)23-30(52-38(48)43-40)25(2)36-39(4,54-36)31(15-18-44(5)28-21-27(20-24)22-29(50-7)35(28)41)53-37(47)26(3)45(6)34(46)16-19-55-56-33-14-9-10-17-42-33/h9-14,17,21-22,25-26,30-32,36,49H,15-16,18-20,23H2,1-8H3,(H,43,48). The van der Waals surface area contributed by atoms with E-state index in [0.29, 0.717) is 35.9 Å². The van der Waals surface area contributed by atoms with Crippen LogP contribution in [-0.4, -0.2) is 115 Å². The van der Waals surface area contributed by atoms with Gasteiger partial charge in [0.05, 0.1) is 18.9 Å². The van der Waals surface area contributed by atoms with Crippen LogP contribution in [0.15, 0.2) is 65.4 Å². The number of hydrogen-bond acceptors (Lipinski definition) is 13. The van der Waals surface area contributed by atoms with E-state index in [1.165, 1.54) is 33.6 Å². The number of methoxy groups -OCH3 is 2. The number of ether oxygens (including phenoxy) is 5. The highest BCUT2D eigenvalue weighted by Gasteiger charge is 2.64. The van der Waals surface area contributed by atoms with Gasteiger partial charge in [-0.15, -0.1) is 0 Å². The highest BCUT2D eigenvalue weighted by molar-refractivity contribution is 8.76. The Labute approximate surface area is 342 Å². The molecule has 2 N–H and O–H groups in total. The van der Waals surface area contributed by atoms with Crippen molar-refractivity contribution in [3.05, 3.63) is 70.9 Å². The molecule has 306 valence electrons. The largest absolute Gasteiger partial charge is 0.495 e. The number of benzene rings is 1. The Hall–Kier alpha value is -3.47. The van der Waals surface area contributed by atoms with Crippen LogP contribution in [0.2, 0.25) is 5.02 Å². The average molecular weight is 833 g/mol. The number of nitrogens with one attached hydrogen (secondary N) is 1. The van der Waals surface area contributed by atoms with E-state index < -0.39 is 59.8 Å². The number of likely N-dealkylation sites (N-methyl/N-ethyl adjacent to an activating group) is 1. The smallest absolute Gasteiger partial charge is 0.409 e. The molecule has 2 aromatic rings. The maximum atomic E-state index is 13.9. The highest BCUT2D eigenvalue weighted by atomic mass is 35.5. The van der Waals surface area contributed by atoms with Crippen LogP contribution in [-0.2, 0) is 35.0 Å². The molecule has 0 aliphatic carbocycles. The van der Waals surface area contributed by atoms with E-state index in [-0.39, 0.29) is 18.7 Å². The predicted molar refractivity (Wildman–Crippen MR) is 218 cm³/mol. The summed E-state index contributed by atoms with van der Waals surface area (Å²) in [7, 11) is 9.55. The zero-order valence-corrected chi connectivity index (χ0v) is 35.5. The molecule has 1 aromatic heterocycles. The fourth-order valence-corrected chi connectivity index (χ4v) is 9.35. The van der Waals surface area contributed by atoms with E-state index in [9.17, 15) is 19.5 Å². The van der Waals surface area contributed by atoms with E-state index in [2.05, 4.69) is 10.3 Å². The van der Waals surface area contributed by atoms with Crippen molar-refractivity contribution < 1.29 is 43.2 Å². The van der Waals surface area contributed by atoms with Crippen LogP contribution in [0.5, 0.6) is 5.75 Å². The van der Waals surface area contributed by atoms with Crippen LogP contribution in [0.1, 0.15) is 52.5 Å². The lowest BCUT2D eigenvalue weighted by Crippen LogP contribution is -2.63. The Balaban J connectivity index is 1.39. The number of aliphatic hydroxyl groups is 1. The Morgan fingerprint density at radius 3 is 2.73 bits per heavy atom. The summed E-state index contributed by atoms with van der Waals surface area (Å²) < 4.78 is 29.7. The number of rotatable bonds is 10. The third-order valence-corrected chi connectivity index (χ3v) is 13.4. The van der Waals surface area contributed by atoms with Crippen LogP contribution in [0.25, 0.3) is 0 Å². The van der Waals surface area contributed by atoms with Gasteiger partial charge in [-0.25, -0.2) is 14.6 Å². The van der Waals surface area contributed by atoms with Crippen molar-refractivity contribution in [2.24, 2.45) is 5.92 Å². The topological polar surface area (TPSA) is 152 Å². The summed E-state index contributed by atoms with van der Waals surface area (Å²) in [4.78, 5) is 47.6. The number of aromatic nitrogens is 1. The lowest BCUT2D eigenvalue weighted by molar-refractivity contribution is -0.161. The van der Waals surface area contributed by atoms with Crippen LogP contribution in [0.3, 0.4) is 0 Å². The molecule has 2 saturated heterocycles. The number of esters is 1. The number of alkyl carbamates (subject to hydrolysis) is 1. The number of pyridine rings is 1. The van der Waals surface area contributed by atoms with Crippen LogP contribution in [0.4, 0.5) is 10.5 Å². The van der Waals surface area contributed by atoms with Crippen molar-refractivity contribution in [3.63, 3.8) is 0 Å². The predicted octanol–water partition coefficient (Wildman–Crippen LogP) is 6.21. The van der Waals surface area contributed by atoms with Crippen molar-refractivity contribution in [2.75, 3.05) is 45.5 Å². The molecule has 1 aromatic carbocycles. The molecule has 3 aliphatic heterocycles. The summed E-state index contributed by atoms with van der Waals surface area (Å²) in [6.07, 6.45) is 4.57. The molecule has 2 amide bonds. The van der Waals surface area contributed by atoms with E-state index in [4.69, 9.17) is 35.3 Å². The van der Waals surface area contributed by atoms with Gasteiger partial charge in [-0.3, -0.25) is 10.1 Å². The molecule has 5 rings (SSSR count). The normalized spacial score (nSPS) is 28.5. The van der Waals surface area contributed by atoms with Crippen LogP contribution in [0, 0.1) is 5.92 Å². The summed E-state index contributed by atoms with van der Waals surface area (Å²) in [5.74, 6) is -0.126. The molecular formula is C40H53ClN4O9S2. The second-order valence-corrected chi connectivity index (χ2v) is 17.6. The molecule has 2 fully saturated rings. The van der Waals surface area contributed by atoms with E-state index in [0.717, 1.165) is 21.8 Å². The summed E-state index contributed by atoms with van der Waals surface area (Å²) in [5, 5.41) is 15.6. The van der Waals surface area contributed by atoms with Gasteiger partial charge in [-0.1, -0.05) is 59.2 Å². The number of halogens is 1.